The lowest BCUT2D eigenvalue weighted by Gasteiger charge is -2.22. The van der Waals surface area contributed by atoms with E-state index in [4.69, 9.17) is 4.52 Å². The fourth-order valence-corrected chi connectivity index (χ4v) is 3.14. The van der Waals surface area contributed by atoms with Gasteiger partial charge in [-0.2, -0.15) is 0 Å². The minimum absolute atomic E-state index is 0.174. The van der Waals surface area contributed by atoms with E-state index in [0.29, 0.717) is 11.7 Å². The molecule has 0 aliphatic heterocycles. The second-order valence-electron chi connectivity index (χ2n) is 5.81. The van der Waals surface area contributed by atoms with Crippen molar-refractivity contribution in [2.24, 2.45) is 0 Å². The molecule has 124 valence electrons. The number of sulfonamides is 1. The first-order valence-corrected chi connectivity index (χ1v) is 9.43. The summed E-state index contributed by atoms with van der Waals surface area (Å²) in [5.41, 5.74) is 2.84. The van der Waals surface area contributed by atoms with Crippen LogP contribution in [0.25, 0.3) is 0 Å². The van der Waals surface area contributed by atoms with Gasteiger partial charge in [0.2, 0.25) is 10.0 Å². The van der Waals surface area contributed by atoms with Crippen LogP contribution in [0.4, 0.5) is 0 Å². The SMILES string of the molecule is CS(=O)(=O)NCc1noc2c1CC(NCc1cccnc1)CC2. The number of fused-ring (bicyclic) bond motifs is 1. The molecule has 1 aliphatic carbocycles. The van der Waals surface area contributed by atoms with Gasteiger partial charge in [0.15, 0.2) is 0 Å². The Bertz CT molecular complexity index is 758. The summed E-state index contributed by atoms with van der Waals surface area (Å²) in [6, 6.07) is 4.28. The van der Waals surface area contributed by atoms with Crippen LogP contribution in [0.15, 0.2) is 29.0 Å². The zero-order valence-electron chi connectivity index (χ0n) is 12.9. The van der Waals surface area contributed by atoms with E-state index in [0.717, 1.165) is 49.0 Å². The largest absolute Gasteiger partial charge is 0.361 e. The van der Waals surface area contributed by atoms with Crippen LogP contribution in [-0.4, -0.2) is 30.9 Å². The van der Waals surface area contributed by atoms with Crippen molar-refractivity contribution in [3.05, 3.63) is 47.1 Å². The summed E-state index contributed by atoms with van der Waals surface area (Å²) in [5, 5.41) is 7.53. The Morgan fingerprint density at radius 1 is 1.39 bits per heavy atom. The molecule has 2 aromatic heterocycles. The van der Waals surface area contributed by atoms with Crippen molar-refractivity contribution in [3.63, 3.8) is 0 Å². The molecule has 2 heterocycles. The van der Waals surface area contributed by atoms with E-state index < -0.39 is 10.0 Å². The number of aromatic nitrogens is 2. The molecule has 0 spiro atoms. The lowest BCUT2D eigenvalue weighted by Crippen LogP contribution is -2.34. The lowest BCUT2D eigenvalue weighted by molar-refractivity contribution is 0.351. The first-order chi connectivity index (χ1) is 11.0. The van der Waals surface area contributed by atoms with Gasteiger partial charge in [0.25, 0.3) is 0 Å². The number of pyridine rings is 1. The summed E-state index contributed by atoms with van der Waals surface area (Å²) in [4.78, 5) is 4.11. The summed E-state index contributed by atoms with van der Waals surface area (Å²) < 4.78 is 30.3. The third kappa shape index (κ3) is 4.37. The molecule has 0 aromatic carbocycles. The zero-order valence-corrected chi connectivity index (χ0v) is 13.8. The quantitative estimate of drug-likeness (QED) is 0.808. The highest BCUT2D eigenvalue weighted by Gasteiger charge is 2.25. The predicted octanol–water partition coefficient (Wildman–Crippen LogP) is 0.766. The maximum Gasteiger partial charge on any atom is 0.209 e. The number of hydrogen-bond acceptors (Lipinski definition) is 6. The van der Waals surface area contributed by atoms with Crippen molar-refractivity contribution in [1.29, 1.82) is 0 Å². The Morgan fingerprint density at radius 3 is 3.00 bits per heavy atom. The Morgan fingerprint density at radius 2 is 2.26 bits per heavy atom. The minimum Gasteiger partial charge on any atom is -0.361 e. The van der Waals surface area contributed by atoms with E-state index in [1.807, 2.05) is 18.3 Å². The second-order valence-corrected chi connectivity index (χ2v) is 7.64. The first kappa shape index (κ1) is 16.1. The number of rotatable bonds is 6. The van der Waals surface area contributed by atoms with E-state index in [1.54, 1.807) is 6.20 Å². The Hall–Kier alpha value is -1.77. The fourth-order valence-electron chi connectivity index (χ4n) is 2.74. The van der Waals surface area contributed by atoms with Crippen LogP contribution in [0, 0.1) is 0 Å². The van der Waals surface area contributed by atoms with Gasteiger partial charge in [0.1, 0.15) is 11.5 Å². The van der Waals surface area contributed by atoms with Crippen molar-refractivity contribution < 1.29 is 12.9 Å². The van der Waals surface area contributed by atoms with Crippen LogP contribution < -0.4 is 10.0 Å². The summed E-state index contributed by atoms with van der Waals surface area (Å²) in [7, 11) is -3.24. The minimum atomic E-state index is -3.24. The third-order valence-electron chi connectivity index (χ3n) is 3.94. The molecule has 2 aromatic rings. The smallest absolute Gasteiger partial charge is 0.209 e. The van der Waals surface area contributed by atoms with Crippen LogP contribution in [0.1, 0.15) is 29.0 Å². The molecule has 0 saturated heterocycles. The molecule has 0 amide bonds. The van der Waals surface area contributed by atoms with Crippen molar-refractivity contribution in [2.75, 3.05) is 6.26 Å². The highest BCUT2D eigenvalue weighted by Crippen LogP contribution is 2.25. The van der Waals surface area contributed by atoms with Gasteiger partial charge in [-0.3, -0.25) is 4.98 Å². The fraction of sp³-hybridized carbons (Fsp3) is 0.467. The van der Waals surface area contributed by atoms with E-state index >= 15 is 0 Å². The summed E-state index contributed by atoms with van der Waals surface area (Å²) in [5.74, 6) is 0.870. The molecular formula is C15H20N4O3S. The summed E-state index contributed by atoms with van der Waals surface area (Å²) >= 11 is 0. The molecule has 0 fully saturated rings. The number of hydrogen-bond donors (Lipinski definition) is 2. The van der Waals surface area contributed by atoms with Crippen LogP contribution in [-0.2, 0) is 36.0 Å². The van der Waals surface area contributed by atoms with Crippen LogP contribution in [0.3, 0.4) is 0 Å². The Balaban J connectivity index is 1.62. The van der Waals surface area contributed by atoms with Gasteiger partial charge in [0, 0.05) is 37.0 Å². The molecule has 0 bridgehead atoms. The van der Waals surface area contributed by atoms with Gasteiger partial charge < -0.3 is 9.84 Å². The molecule has 2 N–H and O–H groups in total. The van der Waals surface area contributed by atoms with E-state index in [1.165, 1.54) is 0 Å². The predicted molar refractivity (Wildman–Crippen MR) is 85.1 cm³/mol. The maximum atomic E-state index is 11.2. The normalized spacial score (nSPS) is 17.9. The standard InChI is InChI=1S/C15H20N4O3S/c1-23(20,21)18-10-14-13-7-12(4-5-15(13)22-19-14)17-9-11-3-2-6-16-8-11/h2-3,6,8,12,17-18H,4-5,7,9-10H2,1H3. The molecule has 7 nitrogen and oxygen atoms in total. The highest BCUT2D eigenvalue weighted by molar-refractivity contribution is 7.88. The van der Waals surface area contributed by atoms with Crippen LogP contribution in [0.2, 0.25) is 0 Å². The van der Waals surface area contributed by atoms with Gasteiger partial charge in [-0.25, -0.2) is 13.1 Å². The Labute approximate surface area is 135 Å². The second kappa shape index (κ2) is 6.77. The average Bonchev–Trinajstić information content (AvgIpc) is 2.94. The van der Waals surface area contributed by atoms with Crippen molar-refractivity contribution in [1.82, 2.24) is 20.2 Å². The van der Waals surface area contributed by atoms with Gasteiger partial charge >= 0.3 is 0 Å². The summed E-state index contributed by atoms with van der Waals surface area (Å²) in [6.45, 7) is 0.934. The zero-order chi connectivity index (χ0) is 16.3. The Kier molecular flexibility index (Phi) is 4.74. The number of nitrogens with zero attached hydrogens (tertiary/aromatic N) is 2. The van der Waals surface area contributed by atoms with Gasteiger partial charge in [0.05, 0.1) is 12.8 Å². The first-order valence-electron chi connectivity index (χ1n) is 7.54. The average molecular weight is 336 g/mol. The van der Waals surface area contributed by atoms with Gasteiger partial charge in [-0.05, 0) is 24.5 Å². The highest BCUT2D eigenvalue weighted by atomic mass is 32.2. The molecule has 1 unspecified atom stereocenters. The molecule has 3 rings (SSSR count). The molecule has 1 atom stereocenters. The molecule has 1 aliphatic rings. The molecule has 23 heavy (non-hydrogen) atoms. The van der Waals surface area contributed by atoms with Gasteiger partial charge in [-0.15, -0.1) is 0 Å². The van der Waals surface area contributed by atoms with Gasteiger partial charge in [-0.1, -0.05) is 11.2 Å². The van der Waals surface area contributed by atoms with Crippen LogP contribution >= 0.6 is 0 Å². The maximum absolute atomic E-state index is 11.2. The van der Waals surface area contributed by atoms with E-state index in [2.05, 4.69) is 20.2 Å². The number of nitrogens with one attached hydrogen (secondary N) is 2. The third-order valence-corrected chi connectivity index (χ3v) is 4.61. The number of aryl methyl sites for hydroxylation is 1. The van der Waals surface area contributed by atoms with E-state index in [9.17, 15) is 8.42 Å². The summed E-state index contributed by atoms with van der Waals surface area (Å²) in [6.07, 6.45) is 7.32. The monoisotopic (exact) mass is 336 g/mol. The van der Waals surface area contributed by atoms with Crippen molar-refractivity contribution in [2.45, 2.75) is 38.4 Å². The van der Waals surface area contributed by atoms with Crippen LogP contribution in [0.5, 0.6) is 0 Å². The molecule has 8 heteroatoms. The topological polar surface area (TPSA) is 97.1 Å². The van der Waals surface area contributed by atoms with Crippen molar-refractivity contribution in [3.8, 4) is 0 Å². The van der Waals surface area contributed by atoms with Crippen molar-refractivity contribution >= 4 is 10.0 Å². The lowest BCUT2D eigenvalue weighted by atomic mass is 9.92. The van der Waals surface area contributed by atoms with E-state index in [-0.39, 0.29) is 6.54 Å². The molecule has 0 radical (unpaired) electrons. The molecule has 0 saturated carbocycles. The molecular weight excluding hydrogens is 316 g/mol.